The minimum Gasteiger partial charge on any atom is -0.366 e. The molecule has 1 N–H and O–H groups in total. The van der Waals surface area contributed by atoms with Crippen LogP contribution in [0.3, 0.4) is 0 Å². The number of pyridine rings is 1. The zero-order valence-electron chi connectivity index (χ0n) is 10.5. The van der Waals surface area contributed by atoms with E-state index in [9.17, 15) is 4.39 Å². The SMILES string of the molecule is CN1CCN(CCNc2ncc(Br)cc2F)CC1. The van der Waals surface area contributed by atoms with Crippen molar-refractivity contribution in [1.82, 2.24) is 14.8 Å². The van der Waals surface area contributed by atoms with Crippen LogP contribution in [0.15, 0.2) is 16.7 Å². The average Bonchev–Trinajstić information content (AvgIpc) is 2.34. The fourth-order valence-electron chi connectivity index (χ4n) is 1.95. The van der Waals surface area contributed by atoms with Gasteiger partial charge in [0, 0.05) is 49.9 Å². The predicted octanol–water partition coefficient (Wildman–Crippen LogP) is 1.64. The molecule has 0 aromatic carbocycles. The molecule has 1 aliphatic rings. The molecule has 0 spiro atoms. The normalized spacial score (nSPS) is 17.9. The highest BCUT2D eigenvalue weighted by molar-refractivity contribution is 9.10. The summed E-state index contributed by atoms with van der Waals surface area (Å²) in [5.74, 6) is 0.00933. The molecule has 1 aromatic rings. The Kier molecular flexibility index (Phi) is 4.91. The average molecular weight is 317 g/mol. The van der Waals surface area contributed by atoms with Crippen molar-refractivity contribution < 1.29 is 4.39 Å². The van der Waals surface area contributed by atoms with Gasteiger partial charge < -0.3 is 10.2 Å². The predicted molar refractivity (Wildman–Crippen MR) is 74.3 cm³/mol. The zero-order valence-corrected chi connectivity index (χ0v) is 12.1. The molecule has 1 fully saturated rings. The molecule has 0 amide bonds. The molecule has 2 rings (SSSR count). The lowest BCUT2D eigenvalue weighted by Gasteiger charge is -2.32. The lowest BCUT2D eigenvalue weighted by molar-refractivity contribution is 0.158. The summed E-state index contributed by atoms with van der Waals surface area (Å²) < 4.78 is 14.1. The molecular formula is C12H18BrFN4. The van der Waals surface area contributed by atoms with Crippen molar-refractivity contribution in [1.29, 1.82) is 0 Å². The summed E-state index contributed by atoms with van der Waals surface area (Å²) in [7, 11) is 2.14. The highest BCUT2D eigenvalue weighted by Crippen LogP contribution is 2.15. The van der Waals surface area contributed by atoms with Crippen LogP contribution >= 0.6 is 15.9 Å². The van der Waals surface area contributed by atoms with Gasteiger partial charge in [-0.1, -0.05) is 0 Å². The molecule has 1 aliphatic heterocycles. The van der Waals surface area contributed by atoms with E-state index in [0.717, 1.165) is 39.3 Å². The standard InChI is InChI=1S/C12H18BrFN4/c1-17-4-6-18(7-5-17)3-2-15-12-11(14)8-10(13)9-16-12/h8-9H,2-7H2,1H3,(H,15,16). The Morgan fingerprint density at radius 1 is 1.39 bits per heavy atom. The molecule has 6 heteroatoms. The summed E-state index contributed by atoms with van der Waals surface area (Å²) in [6.07, 6.45) is 1.60. The molecule has 0 atom stereocenters. The van der Waals surface area contributed by atoms with Gasteiger partial charge in [0.15, 0.2) is 11.6 Å². The number of hydrogen-bond donors (Lipinski definition) is 1. The smallest absolute Gasteiger partial charge is 0.166 e. The number of nitrogens with one attached hydrogen (secondary N) is 1. The van der Waals surface area contributed by atoms with Gasteiger partial charge in [0.05, 0.1) is 0 Å². The fraction of sp³-hybridized carbons (Fsp3) is 0.583. The first-order chi connectivity index (χ1) is 8.65. The summed E-state index contributed by atoms with van der Waals surface area (Å²) in [4.78, 5) is 8.71. The minimum absolute atomic E-state index is 0.317. The van der Waals surface area contributed by atoms with E-state index < -0.39 is 0 Å². The van der Waals surface area contributed by atoms with Crippen LogP contribution in [0.25, 0.3) is 0 Å². The van der Waals surface area contributed by atoms with E-state index in [1.54, 1.807) is 6.20 Å². The molecule has 0 unspecified atom stereocenters. The minimum atomic E-state index is -0.317. The van der Waals surface area contributed by atoms with E-state index in [4.69, 9.17) is 0 Å². The highest BCUT2D eigenvalue weighted by atomic mass is 79.9. The summed E-state index contributed by atoms with van der Waals surface area (Å²) >= 11 is 3.19. The van der Waals surface area contributed by atoms with Crippen molar-refractivity contribution in [3.05, 3.63) is 22.6 Å². The molecule has 2 heterocycles. The monoisotopic (exact) mass is 316 g/mol. The first kappa shape index (κ1) is 13.7. The molecule has 0 aliphatic carbocycles. The summed E-state index contributed by atoms with van der Waals surface area (Å²) in [5, 5.41) is 3.04. The number of anilines is 1. The number of aromatic nitrogens is 1. The van der Waals surface area contributed by atoms with E-state index in [1.807, 2.05) is 0 Å². The van der Waals surface area contributed by atoms with Gasteiger partial charge in [-0.25, -0.2) is 9.37 Å². The topological polar surface area (TPSA) is 31.4 Å². The van der Waals surface area contributed by atoms with Gasteiger partial charge in [-0.3, -0.25) is 4.90 Å². The second-order valence-electron chi connectivity index (χ2n) is 4.56. The molecule has 1 aromatic heterocycles. The third kappa shape index (κ3) is 3.90. The third-order valence-corrected chi connectivity index (χ3v) is 3.56. The van der Waals surface area contributed by atoms with Gasteiger partial charge in [-0.2, -0.15) is 0 Å². The molecule has 1 saturated heterocycles. The van der Waals surface area contributed by atoms with Crippen LogP contribution in [0.2, 0.25) is 0 Å². The number of nitrogens with zero attached hydrogens (tertiary/aromatic N) is 3. The highest BCUT2D eigenvalue weighted by Gasteiger charge is 2.13. The van der Waals surface area contributed by atoms with Crippen molar-refractivity contribution in [2.24, 2.45) is 0 Å². The van der Waals surface area contributed by atoms with E-state index in [0.29, 0.717) is 10.3 Å². The van der Waals surface area contributed by atoms with Crippen LogP contribution in [0.5, 0.6) is 0 Å². The van der Waals surface area contributed by atoms with E-state index in [1.165, 1.54) is 6.07 Å². The summed E-state index contributed by atoms with van der Waals surface area (Å²) in [6, 6.07) is 1.42. The third-order valence-electron chi connectivity index (χ3n) is 3.12. The second-order valence-corrected chi connectivity index (χ2v) is 5.47. The van der Waals surface area contributed by atoms with Crippen molar-refractivity contribution in [3.8, 4) is 0 Å². The van der Waals surface area contributed by atoms with Gasteiger partial charge >= 0.3 is 0 Å². The number of hydrogen-bond acceptors (Lipinski definition) is 4. The zero-order chi connectivity index (χ0) is 13.0. The van der Waals surface area contributed by atoms with Crippen molar-refractivity contribution in [3.63, 3.8) is 0 Å². The fourth-order valence-corrected chi connectivity index (χ4v) is 2.25. The quantitative estimate of drug-likeness (QED) is 0.915. The van der Waals surface area contributed by atoms with Crippen molar-refractivity contribution in [2.75, 3.05) is 51.6 Å². The second kappa shape index (κ2) is 6.45. The summed E-state index contributed by atoms with van der Waals surface area (Å²) in [5.41, 5.74) is 0. The van der Waals surface area contributed by atoms with Crippen LogP contribution < -0.4 is 5.32 Å². The Morgan fingerprint density at radius 2 is 2.11 bits per heavy atom. The van der Waals surface area contributed by atoms with E-state index >= 15 is 0 Å². The lowest BCUT2D eigenvalue weighted by atomic mass is 10.3. The molecule has 18 heavy (non-hydrogen) atoms. The maximum Gasteiger partial charge on any atom is 0.166 e. The number of halogens is 2. The van der Waals surface area contributed by atoms with E-state index in [-0.39, 0.29) is 5.82 Å². The maximum atomic E-state index is 13.5. The Morgan fingerprint density at radius 3 is 2.78 bits per heavy atom. The van der Waals surface area contributed by atoms with Crippen LogP contribution in [0, 0.1) is 5.82 Å². The Hall–Kier alpha value is -0.720. The number of likely N-dealkylation sites (N-methyl/N-ethyl adjacent to an activating group) is 1. The van der Waals surface area contributed by atoms with Gasteiger partial charge in [0.25, 0.3) is 0 Å². The number of piperazine rings is 1. The first-order valence-corrected chi connectivity index (χ1v) is 6.90. The van der Waals surface area contributed by atoms with Gasteiger partial charge in [-0.05, 0) is 29.0 Å². The van der Waals surface area contributed by atoms with Crippen LogP contribution in [-0.4, -0.2) is 61.1 Å². The van der Waals surface area contributed by atoms with Crippen molar-refractivity contribution in [2.45, 2.75) is 0 Å². The van der Waals surface area contributed by atoms with Crippen LogP contribution in [-0.2, 0) is 0 Å². The Balaban J connectivity index is 1.75. The van der Waals surface area contributed by atoms with Gasteiger partial charge in [-0.15, -0.1) is 0 Å². The summed E-state index contributed by atoms with van der Waals surface area (Å²) in [6.45, 7) is 6.00. The van der Waals surface area contributed by atoms with Crippen molar-refractivity contribution >= 4 is 21.7 Å². The van der Waals surface area contributed by atoms with Gasteiger partial charge in [0.1, 0.15) is 0 Å². The molecule has 4 nitrogen and oxygen atoms in total. The van der Waals surface area contributed by atoms with E-state index in [2.05, 4.69) is 43.1 Å². The van der Waals surface area contributed by atoms with Crippen LogP contribution in [0.4, 0.5) is 10.2 Å². The molecular weight excluding hydrogens is 299 g/mol. The Bertz CT molecular complexity index is 394. The van der Waals surface area contributed by atoms with Gasteiger partial charge in [0.2, 0.25) is 0 Å². The Labute approximate surface area is 115 Å². The molecule has 0 bridgehead atoms. The first-order valence-electron chi connectivity index (χ1n) is 6.11. The largest absolute Gasteiger partial charge is 0.366 e. The molecule has 100 valence electrons. The number of rotatable bonds is 4. The molecule has 0 saturated carbocycles. The van der Waals surface area contributed by atoms with Crippen LogP contribution in [0.1, 0.15) is 0 Å². The lowest BCUT2D eigenvalue weighted by Crippen LogP contribution is -2.45. The molecule has 0 radical (unpaired) electrons. The maximum absolute atomic E-state index is 13.5.